The number of hydrogen-bond donors (Lipinski definition) is 2. The number of carbonyl (C=O) groups is 1. The Kier molecular flexibility index (Phi) is 5.38. The maximum Gasteiger partial charge on any atom is 0.253 e. The van der Waals surface area contributed by atoms with Gasteiger partial charge in [0.25, 0.3) is 5.91 Å². The molecule has 5 nitrogen and oxygen atoms in total. The van der Waals surface area contributed by atoms with Crippen LogP contribution in [0.25, 0.3) is 0 Å². The number of para-hydroxylation sites is 2. The summed E-state index contributed by atoms with van der Waals surface area (Å²) in [6.07, 6.45) is 2.73. The van der Waals surface area contributed by atoms with Gasteiger partial charge in [-0.15, -0.1) is 0 Å². The third kappa shape index (κ3) is 4.21. The molecular formula is C15H21NO4. The number of benzene rings is 1. The van der Waals surface area contributed by atoms with Crippen LogP contribution in [-0.4, -0.2) is 36.4 Å². The Balaban J connectivity index is 1.78. The smallest absolute Gasteiger partial charge is 0.253 e. The van der Waals surface area contributed by atoms with Crippen molar-refractivity contribution in [1.82, 2.24) is 0 Å². The Morgan fingerprint density at radius 3 is 3.00 bits per heavy atom. The first-order valence-corrected chi connectivity index (χ1v) is 6.99. The van der Waals surface area contributed by atoms with Crippen molar-refractivity contribution in [2.24, 2.45) is 0 Å². The average molecular weight is 279 g/mol. The standard InChI is InChI=1S/C15H21NO4/c1-11(20-10-12-6-4-5-9-19-12)15(18)16-13-7-2-3-8-14(13)17/h2-3,7-8,11-12,17H,4-6,9-10H2,1H3,(H,16,18). The van der Waals surface area contributed by atoms with Crippen molar-refractivity contribution in [1.29, 1.82) is 0 Å². The van der Waals surface area contributed by atoms with Gasteiger partial charge in [-0.2, -0.15) is 0 Å². The molecule has 5 heteroatoms. The number of ether oxygens (including phenoxy) is 2. The molecule has 2 N–H and O–H groups in total. The highest BCUT2D eigenvalue weighted by Gasteiger charge is 2.19. The molecule has 2 atom stereocenters. The van der Waals surface area contributed by atoms with Gasteiger partial charge in [0.05, 0.1) is 18.4 Å². The summed E-state index contributed by atoms with van der Waals surface area (Å²) < 4.78 is 11.1. The Bertz CT molecular complexity index is 443. The van der Waals surface area contributed by atoms with Crippen LogP contribution in [0, 0.1) is 0 Å². The minimum absolute atomic E-state index is 0.0451. The van der Waals surface area contributed by atoms with Gasteiger partial charge in [0.1, 0.15) is 11.9 Å². The molecule has 1 heterocycles. The van der Waals surface area contributed by atoms with Crippen molar-refractivity contribution in [3.63, 3.8) is 0 Å². The molecule has 0 spiro atoms. The molecule has 1 amide bonds. The van der Waals surface area contributed by atoms with Gasteiger partial charge in [-0.05, 0) is 38.3 Å². The number of phenols is 1. The van der Waals surface area contributed by atoms with Crippen molar-refractivity contribution >= 4 is 11.6 Å². The summed E-state index contributed by atoms with van der Waals surface area (Å²) in [6, 6.07) is 6.61. The third-order valence-corrected chi connectivity index (χ3v) is 3.34. The van der Waals surface area contributed by atoms with Crippen molar-refractivity contribution in [2.45, 2.75) is 38.4 Å². The van der Waals surface area contributed by atoms with Gasteiger partial charge >= 0.3 is 0 Å². The van der Waals surface area contributed by atoms with Crippen LogP contribution in [0.15, 0.2) is 24.3 Å². The fraction of sp³-hybridized carbons (Fsp3) is 0.533. The molecule has 2 rings (SSSR count). The van der Waals surface area contributed by atoms with Crippen LogP contribution in [-0.2, 0) is 14.3 Å². The van der Waals surface area contributed by atoms with Gasteiger partial charge < -0.3 is 19.9 Å². The van der Waals surface area contributed by atoms with Crippen LogP contribution in [0.2, 0.25) is 0 Å². The number of carbonyl (C=O) groups excluding carboxylic acids is 1. The molecule has 0 aromatic heterocycles. The molecular weight excluding hydrogens is 258 g/mol. The molecule has 0 saturated carbocycles. The monoisotopic (exact) mass is 279 g/mol. The van der Waals surface area contributed by atoms with Crippen LogP contribution in [0.3, 0.4) is 0 Å². The molecule has 20 heavy (non-hydrogen) atoms. The Morgan fingerprint density at radius 2 is 2.30 bits per heavy atom. The van der Waals surface area contributed by atoms with E-state index in [0.29, 0.717) is 12.3 Å². The molecule has 1 saturated heterocycles. The predicted molar refractivity (Wildman–Crippen MR) is 75.7 cm³/mol. The molecule has 2 unspecified atom stereocenters. The summed E-state index contributed by atoms with van der Waals surface area (Å²) in [5.74, 6) is -0.231. The number of anilines is 1. The summed E-state index contributed by atoms with van der Waals surface area (Å²) in [5, 5.41) is 12.2. The molecule has 0 aliphatic carbocycles. The van der Waals surface area contributed by atoms with E-state index < -0.39 is 6.10 Å². The molecule has 1 fully saturated rings. The number of rotatable bonds is 5. The van der Waals surface area contributed by atoms with Gasteiger partial charge in [-0.25, -0.2) is 0 Å². The van der Waals surface area contributed by atoms with Crippen molar-refractivity contribution < 1.29 is 19.4 Å². The van der Waals surface area contributed by atoms with E-state index in [4.69, 9.17) is 9.47 Å². The third-order valence-electron chi connectivity index (χ3n) is 3.34. The minimum atomic E-state index is -0.583. The highest BCUT2D eigenvalue weighted by molar-refractivity contribution is 5.95. The van der Waals surface area contributed by atoms with Crippen LogP contribution in [0.4, 0.5) is 5.69 Å². The second-order valence-electron chi connectivity index (χ2n) is 4.97. The molecule has 0 radical (unpaired) electrons. The van der Waals surface area contributed by atoms with E-state index in [1.165, 1.54) is 6.07 Å². The summed E-state index contributed by atoms with van der Waals surface area (Å²) >= 11 is 0. The molecule has 110 valence electrons. The number of nitrogens with one attached hydrogen (secondary N) is 1. The topological polar surface area (TPSA) is 67.8 Å². The van der Waals surface area contributed by atoms with Crippen LogP contribution >= 0.6 is 0 Å². The first-order chi connectivity index (χ1) is 9.66. The van der Waals surface area contributed by atoms with Crippen molar-refractivity contribution in [3.8, 4) is 5.75 Å². The van der Waals surface area contributed by atoms with Crippen LogP contribution < -0.4 is 5.32 Å². The molecule has 1 aliphatic rings. The van der Waals surface area contributed by atoms with E-state index in [9.17, 15) is 9.90 Å². The van der Waals surface area contributed by atoms with Gasteiger partial charge in [0.2, 0.25) is 0 Å². The molecule has 1 aromatic rings. The highest BCUT2D eigenvalue weighted by Crippen LogP contribution is 2.21. The fourth-order valence-corrected chi connectivity index (χ4v) is 2.08. The number of phenolic OH excluding ortho intramolecular Hbond substituents is 1. The van der Waals surface area contributed by atoms with E-state index in [2.05, 4.69) is 5.32 Å². The first kappa shape index (κ1) is 14.8. The molecule has 0 bridgehead atoms. The highest BCUT2D eigenvalue weighted by atomic mass is 16.5. The Hall–Kier alpha value is -1.59. The zero-order valence-corrected chi connectivity index (χ0v) is 11.7. The van der Waals surface area contributed by atoms with Crippen LogP contribution in [0.1, 0.15) is 26.2 Å². The lowest BCUT2D eigenvalue weighted by Gasteiger charge is -2.23. The second-order valence-corrected chi connectivity index (χ2v) is 4.97. The maximum absolute atomic E-state index is 11.9. The number of aromatic hydroxyl groups is 1. The normalized spacial score (nSPS) is 20.4. The van der Waals surface area contributed by atoms with Gasteiger partial charge in [-0.3, -0.25) is 4.79 Å². The maximum atomic E-state index is 11.9. The van der Waals surface area contributed by atoms with E-state index in [-0.39, 0.29) is 17.8 Å². The Labute approximate surface area is 118 Å². The second kappa shape index (κ2) is 7.26. The minimum Gasteiger partial charge on any atom is -0.506 e. The van der Waals surface area contributed by atoms with Gasteiger partial charge in [0, 0.05) is 6.61 Å². The zero-order valence-electron chi connectivity index (χ0n) is 11.7. The fourth-order valence-electron chi connectivity index (χ4n) is 2.08. The van der Waals surface area contributed by atoms with Gasteiger partial charge in [-0.1, -0.05) is 12.1 Å². The Morgan fingerprint density at radius 1 is 1.50 bits per heavy atom. The molecule has 1 aliphatic heterocycles. The zero-order chi connectivity index (χ0) is 14.4. The average Bonchev–Trinajstić information content (AvgIpc) is 2.48. The molecule has 1 aromatic carbocycles. The number of amides is 1. The largest absolute Gasteiger partial charge is 0.506 e. The SMILES string of the molecule is CC(OCC1CCCCO1)C(=O)Nc1ccccc1O. The van der Waals surface area contributed by atoms with Gasteiger partial charge in [0.15, 0.2) is 0 Å². The van der Waals surface area contributed by atoms with E-state index in [1.54, 1.807) is 25.1 Å². The summed E-state index contributed by atoms with van der Waals surface area (Å²) in [4.78, 5) is 11.9. The lowest BCUT2D eigenvalue weighted by Crippen LogP contribution is -2.32. The summed E-state index contributed by atoms with van der Waals surface area (Å²) in [5.41, 5.74) is 0.391. The van der Waals surface area contributed by atoms with E-state index in [0.717, 1.165) is 25.9 Å². The van der Waals surface area contributed by atoms with Crippen molar-refractivity contribution in [2.75, 3.05) is 18.5 Å². The van der Waals surface area contributed by atoms with E-state index in [1.807, 2.05) is 0 Å². The lowest BCUT2D eigenvalue weighted by molar-refractivity contribution is -0.130. The van der Waals surface area contributed by atoms with E-state index >= 15 is 0 Å². The van der Waals surface area contributed by atoms with Crippen LogP contribution in [0.5, 0.6) is 5.75 Å². The quantitative estimate of drug-likeness (QED) is 0.812. The lowest BCUT2D eigenvalue weighted by atomic mass is 10.1. The number of hydrogen-bond acceptors (Lipinski definition) is 4. The summed E-state index contributed by atoms with van der Waals surface area (Å²) in [7, 11) is 0. The van der Waals surface area contributed by atoms with Crippen molar-refractivity contribution in [3.05, 3.63) is 24.3 Å². The summed E-state index contributed by atoms with van der Waals surface area (Å²) in [6.45, 7) is 2.89. The first-order valence-electron chi connectivity index (χ1n) is 6.99. The predicted octanol–water partition coefficient (Wildman–Crippen LogP) is 2.30.